The lowest BCUT2D eigenvalue weighted by molar-refractivity contribution is -0.123. The van der Waals surface area contributed by atoms with Gasteiger partial charge in [0.05, 0.1) is 0 Å². The summed E-state index contributed by atoms with van der Waals surface area (Å²) < 4.78 is 10.9. The van der Waals surface area contributed by atoms with Gasteiger partial charge in [0.25, 0.3) is 5.91 Å². The Morgan fingerprint density at radius 3 is 2.41 bits per heavy atom. The van der Waals surface area contributed by atoms with E-state index in [0.29, 0.717) is 22.9 Å². The van der Waals surface area contributed by atoms with Gasteiger partial charge in [-0.1, -0.05) is 36.4 Å². The smallest absolute Gasteiger partial charge is 0.349 e. The molecule has 1 heterocycles. The Labute approximate surface area is 161 Å². The van der Waals surface area contributed by atoms with Crippen LogP contribution in [0, 0.1) is 0 Å². The van der Waals surface area contributed by atoms with E-state index in [1.54, 1.807) is 41.8 Å². The number of thiophene rings is 1. The number of anilines is 1. The van der Waals surface area contributed by atoms with Gasteiger partial charge in [-0.2, -0.15) is 0 Å². The monoisotopic (exact) mass is 381 g/mol. The van der Waals surface area contributed by atoms with E-state index in [2.05, 4.69) is 5.32 Å². The van der Waals surface area contributed by atoms with Crippen molar-refractivity contribution in [1.82, 2.24) is 0 Å². The van der Waals surface area contributed by atoms with Gasteiger partial charge in [-0.05, 0) is 48.2 Å². The minimum absolute atomic E-state index is 0.391. The van der Waals surface area contributed by atoms with Crippen molar-refractivity contribution in [3.8, 4) is 5.75 Å². The molecule has 0 fully saturated rings. The average Bonchev–Trinajstić information content (AvgIpc) is 3.23. The van der Waals surface area contributed by atoms with E-state index in [4.69, 9.17) is 9.47 Å². The summed E-state index contributed by atoms with van der Waals surface area (Å²) in [6, 6.07) is 20.3. The third kappa shape index (κ3) is 5.43. The summed E-state index contributed by atoms with van der Waals surface area (Å²) in [4.78, 5) is 24.6. The Hall–Kier alpha value is -3.12. The second-order valence-electron chi connectivity index (χ2n) is 5.81. The van der Waals surface area contributed by atoms with E-state index in [0.717, 1.165) is 5.56 Å². The highest BCUT2D eigenvalue weighted by molar-refractivity contribution is 7.11. The summed E-state index contributed by atoms with van der Waals surface area (Å²) in [6.07, 6.45) is -0.895. The van der Waals surface area contributed by atoms with Gasteiger partial charge in [0.15, 0.2) is 6.10 Å². The molecule has 0 aliphatic heterocycles. The van der Waals surface area contributed by atoms with Crippen LogP contribution in [0.4, 0.5) is 5.69 Å². The normalized spacial score (nSPS) is 11.4. The van der Waals surface area contributed by atoms with E-state index < -0.39 is 18.0 Å². The largest absolute Gasteiger partial charge is 0.489 e. The molecule has 0 unspecified atom stereocenters. The molecule has 3 aromatic rings. The van der Waals surface area contributed by atoms with Crippen molar-refractivity contribution in [2.45, 2.75) is 19.6 Å². The molecule has 1 N–H and O–H groups in total. The molecule has 138 valence electrons. The molecule has 0 saturated carbocycles. The molecule has 2 aromatic carbocycles. The molecule has 27 heavy (non-hydrogen) atoms. The van der Waals surface area contributed by atoms with Crippen molar-refractivity contribution >= 4 is 28.9 Å². The molecule has 1 atom stereocenters. The summed E-state index contributed by atoms with van der Waals surface area (Å²) in [5, 5.41) is 4.51. The van der Waals surface area contributed by atoms with E-state index in [-0.39, 0.29) is 0 Å². The Balaban J connectivity index is 1.49. The van der Waals surface area contributed by atoms with Crippen LogP contribution in [0.25, 0.3) is 0 Å². The summed E-state index contributed by atoms with van der Waals surface area (Å²) in [6.45, 7) is 2.01. The molecule has 0 saturated heterocycles. The molecule has 0 aliphatic carbocycles. The first-order valence-electron chi connectivity index (χ1n) is 8.44. The van der Waals surface area contributed by atoms with Gasteiger partial charge in [0.1, 0.15) is 17.2 Å². The van der Waals surface area contributed by atoms with Crippen LogP contribution in [0.3, 0.4) is 0 Å². The first kappa shape index (κ1) is 18.7. The lowest BCUT2D eigenvalue weighted by Gasteiger charge is -2.13. The highest BCUT2D eigenvalue weighted by Gasteiger charge is 2.19. The molecular formula is C21H19NO4S. The second kappa shape index (κ2) is 9.00. The summed E-state index contributed by atoms with van der Waals surface area (Å²) >= 11 is 1.27. The molecule has 3 rings (SSSR count). The third-order valence-electron chi connectivity index (χ3n) is 3.75. The zero-order valence-electron chi connectivity index (χ0n) is 14.8. The topological polar surface area (TPSA) is 64.6 Å². The molecule has 6 heteroatoms. The lowest BCUT2D eigenvalue weighted by Crippen LogP contribution is -2.29. The number of ether oxygens (including phenoxy) is 2. The van der Waals surface area contributed by atoms with Crippen molar-refractivity contribution in [2.24, 2.45) is 0 Å². The molecular weight excluding hydrogens is 362 g/mol. The zero-order valence-corrected chi connectivity index (χ0v) is 15.6. The van der Waals surface area contributed by atoms with Crippen LogP contribution in [-0.4, -0.2) is 18.0 Å². The van der Waals surface area contributed by atoms with E-state index in [1.807, 2.05) is 30.3 Å². The maximum absolute atomic E-state index is 12.2. The van der Waals surface area contributed by atoms with Crippen LogP contribution in [-0.2, 0) is 16.1 Å². The Morgan fingerprint density at radius 2 is 1.74 bits per heavy atom. The van der Waals surface area contributed by atoms with Gasteiger partial charge in [0, 0.05) is 5.69 Å². The Kier molecular flexibility index (Phi) is 6.22. The minimum Gasteiger partial charge on any atom is -0.489 e. The Morgan fingerprint density at radius 1 is 1.00 bits per heavy atom. The van der Waals surface area contributed by atoms with Gasteiger partial charge >= 0.3 is 5.97 Å². The SMILES string of the molecule is C[C@@H](OC(=O)c1cccs1)C(=O)Nc1ccc(OCc2ccccc2)cc1. The number of carbonyl (C=O) groups excluding carboxylic acids is 2. The third-order valence-corrected chi connectivity index (χ3v) is 4.60. The number of hydrogen-bond acceptors (Lipinski definition) is 5. The lowest BCUT2D eigenvalue weighted by atomic mass is 10.2. The first-order chi connectivity index (χ1) is 13.1. The number of benzene rings is 2. The fourth-order valence-electron chi connectivity index (χ4n) is 2.29. The second-order valence-corrected chi connectivity index (χ2v) is 6.76. The van der Waals surface area contributed by atoms with Crippen LogP contribution < -0.4 is 10.1 Å². The maximum atomic E-state index is 12.2. The molecule has 1 aromatic heterocycles. The fraction of sp³-hybridized carbons (Fsp3) is 0.143. The van der Waals surface area contributed by atoms with Crippen LogP contribution >= 0.6 is 11.3 Å². The quantitative estimate of drug-likeness (QED) is 0.612. The zero-order chi connectivity index (χ0) is 19.1. The molecule has 5 nitrogen and oxygen atoms in total. The van der Waals surface area contributed by atoms with Crippen molar-refractivity contribution in [2.75, 3.05) is 5.32 Å². The average molecular weight is 381 g/mol. The molecule has 0 bridgehead atoms. The number of carbonyl (C=O) groups is 2. The Bertz CT molecular complexity index is 876. The minimum atomic E-state index is -0.895. The maximum Gasteiger partial charge on any atom is 0.349 e. The van der Waals surface area contributed by atoms with Gasteiger partial charge in [-0.3, -0.25) is 4.79 Å². The predicted octanol–water partition coefficient (Wildman–Crippen LogP) is 4.51. The van der Waals surface area contributed by atoms with Crippen molar-refractivity contribution in [3.05, 3.63) is 82.6 Å². The number of hydrogen-bond donors (Lipinski definition) is 1. The van der Waals surface area contributed by atoms with E-state index in [1.165, 1.54) is 18.3 Å². The predicted molar refractivity (Wildman–Crippen MR) is 105 cm³/mol. The van der Waals surface area contributed by atoms with Gasteiger partial charge in [-0.15, -0.1) is 11.3 Å². The molecule has 0 spiro atoms. The van der Waals surface area contributed by atoms with Crippen LogP contribution in [0.1, 0.15) is 22.2 Å². The van der Waals surface area contributed by atoms with Gasteiger partial charge in [-0.25, -0.2) is 4.79 Å². The number of esters is 1. The van der Waals surface area contributed by atoms with Crippen molar-refractivity contribution < 1.29 is 19.1 Å². The van der Waals surface area contributed by atoms with E-state index in [9.17, 15) is 9.59 Å². The number of rotatable bonds is 7. The van der Waals surface area contributed by atoms with Crippen molar-refractivity contribution in [3.63, 3.8) is 0 Å². The fourth-order valence-corrected chi connectivity index (χ4v) is 2.89. The summed E-state index contributed by atoms with van der Waals surface area (Å²) in [7, 11) is 0. The van der Waals surface area contributed by atoms with Crippen LogP contribution in [0.2, 0.25) is 0 Å². The number of amides is 1. The van der Waals surface area contributed by atoms with Gasteiger partial charge in [0.2, 0.25) is 0 Å². The van der Waals surface area contributed by atoms with Crippen LogP contribution in [0.5, 0.6) is 5.75 Å². The summed E-state index contributed by atoms with van der Waals surface area (Å²) in [5.41, 5.74) is 1.68. The highest BCUT2D eigenvalue weighted by atomic mass is 32.1. The van der Waals surface area contributed by atoms with Crippen molar-refractivity contribution in [1.29, 1.82) is 0 Å². The molecule has 0 aliphatic rings. The van der Waals surface area contributed by atoms with Gasteiger partial charge < -0.3 is 14.8 Å². The molecule has 1 amide bonds. The molecule has 0 radical (unpaired) electrons. The standard InChI is InChI=1S/C21H19NO4S/c1-15(26-21(24)19-8-5-13-27-19)20(23)22-17-9-11-18(12-10-17)25-14-16-6-3-2-4-7-16/h2-13,15H,14H2,1H3,(H,22,23)/t15-/m1/s1. The number of nitrogens with one attached hydrogen (secondary N) is 1. The summed E-state index contributed by atoms with van der Waals surface area (Å²) in [5.74, 6) is -0.191. The van der Waals surface area contributed by atoms with E-state index >= 15 is 0 Å². The highest BCUT2D eigenvalue weighted by Crippen LogP contribution is 2.18. The van der Waals surface area contributed by atoms with Crippen LogP contribution in [0.15, 0.2) is 72.1 Å². The first-order valence-corrected chi connectivity index (χ1v) is 9.32.